The molecule has 66 valence electrons. The fraction of sp³-hybridized carbons (Fsp3) is 0.375. The molecule has 0 bridgehead atoms. The van der Waals surface area contributed by atoms with Gasteiger partial charge in [0.1, 0.15) is 0 Å². The maximum Gasteiger partial charge on any atom is 0.227 e. The summed E-state index contributed by atoms with van der Waals surface area (Å²) in [4.78, 5) is 11.0. The summed E-state index contributed by atoms with van der Waals surface area (Å²) in [5, 5.41) is 1.57. The van der Waals surface area contributed by atoms with E-state index in [2.05, 4.69) is 31.9 Å². The highest BCUT2D eigenvalue weighted by molar-refractivity contribution is 9.09. The topological polar surface area (TPSA) is 22.0 Å². The minimum absolute atomic E-state index is 0.0457. The van der Waals surface area contributed by atoms with Gasteiger partial charge in [-0.05, 0) is 11.1 Å². The minimum Gasteiger partial charge on any atom is -0.294 e. The number of aromatic nitrogens is 1. The molecule has 4 heteroatoms. The molecule has 0 N–H and O–H groups in total. The highest BCUT2D eigenvalue weighted by atomic mass is 79.9. The largest absolute Gasteiger partial charge is 0.294 e. The average Bonchev–Trinajstić information content (AvgIpc) is 2.46. The van der Waals surface area contributed by atoms with Crippen LogP contribution in [0.25, 0.3) is 0 Å². The molecule has 12 heavy (non-hydrogen) atoms. The van der Waals surface area contributed by atoms with Crippen molar-refractivity contribution in [1.29, 1.82) is 0 Å². The number of carbonyl (C=O) groups excluding carboxylic acids is 1. The van der Waals surface area contributed by atoms with Crippen molar-refractivity contribution >= 4 is 37.8 Å². The number of carbonyl (C=O) groups is 1. The minimum atomic E-state index is 0.0457. The number of hydrogen-bond acceptors (Lipinski definition) is 1. The second-order valence-electron chi connectivity index (χ2n) is 2.50. The summed E-state index contributed by atoms with van der Waals surface area (Å²) in [6.45, 7) is 1.55. The summed E-state index contributed by atoms with van der Waals surface area (Å²) in [5.41, 5.74) is 2.31. The maximum absolute atomic E-state index is 11.0. The lowest BCUT2D eigenvalue weighted by Gasteiger charge is -1.90. The number of hydrogen-bond donors (Lipinski definition) is 0. The van der Waals surface area contributed by atoms with E-state index in [1.54, 1.807) is 11.5 Å². The number of rotatable bonds is 2. The molecule has 1 aromatic rings. The van der Waals surface area contributed by atoms with Crippen LogP contribution in [0.15, 0.2) is 12.4 Å². The van der Waals surface area contributed by atoms with E-state index < -0.39 is 0 Å². The van der Waals surface area contributed by atoms with Crippen LogP contribution in [-0.2, 0) is 10.7 Å². The van der Waals surface area contributed by atoms with Crippen LogP contribution >= 0.6 is 31.9 Å². The zero-order valence-electron chi connectivity index (χ0n) is 6.68. The molecular formula is C8H9Br2NO. The van der Waals surface area contributed by atoms with Crippen molar-refractivity contribution in [2.75, 3.05) is 0 Å². The van der Waals surface area contributed by atoms with Crippen molar-refractivity contribution in [2.45, 2.75) is 17.6 Å². The molecule has 0 saturated heterocycles. The molecule has 2 nitrogen and oxygen atoms in total. The molecule has 0 aliphatic carbocycles. The lowest BCUT2D eigenvalue weighted by molar-refractivity contribution is 0.0936. The van der Waals surface area contributed by atoms with E-state index in [1.807, 2.05) is 12.4 Å². The number of alkyl halides is 2. The Hall–Kier alpha value is -0.0900. The summed E-state index contributed by atoms with van der Waals surface area (Å²) in [6.07, 6.45) is 3.71. The van der Waals surface area contributed by atoms with Gasteiger partial charge in [0, 0.05) is 30.0 Å². The van der Waals surface area contributed by atoms with Crippen LogP contribution in [0.3, 0.4) is 0 Å². The molecule has 0 unspecified atom stereocenters. The van der Waals surface area contributed by atoms with Gasteiger partial charge >= 0.3 is 0 Å². The Bertz CT molecular complexity index is 272. The quantitative estimate of drug-likeness (QED) is 0.769. The van der Waals surface area contributed by atoms with E-state index in [9.17, 15) is 4.79 Å². The van der Waals surface area contributed by atoms with Gasteiger partial charge in [0.15, 0.2) is 0 Å². The molecule has 0 atom stereocenters. The van der Waals surface area contributed by atoms with E-state index in [0.29, 0.717) is 0 Å². The Balaban J connectivity index is 3.05. The van der Waals surface area contributed by atoms with Crippen LogP contribution in [-0.4, -0.2) is 10.5 Å². The lowest BCUT2D eigenvalue weighted by Crippen LogP contribution is -2.01. The molecular weight excluding hydrogens is 286 g/mol. The van der Waals surface area contributed by atoms with Crippen molar-refractivity contribution < 1.29 is 4.79 Å². The fourth-order valence-electron chi connectivity index (χ4n) is 0.961. The summed E-state index contributed by atoms with van der Waals surface area (Å²) < 4.78 is 1.60. The van der Waals surface area contributed by atoms with Crippen LogP contribution in [0.4, 0.5) is 0 Å². The smallest absolute Gasteiger partial charge is 0.227 e. The molecule has 0 spiro atoms. The van der Waals surface area contributed by atoms with E-state index in [0.717, 1.165) is 21.8 Å². The Labute approximate surface area is 88.2 Å². The molecule has 0 aliphatic rings. The first-order valence-electron chi connectivity index (χ1n) is 3.51. The predicted molar refractivity (Wildman–Crippen MR) is 56.0 cm³/mol. The van der Waals surface area contributed by atoms with Gasteiger partial charge in [-0.25, -0.2) is 0 Å². The predicted octanol–water partition coefficient (Wildman–Crippen LogP) is 2.94. The zero-order valence-corrected chi connectivity index (χ0v) is 9.85. The van der Waals surface area contributed by atoms with E-state index in [-0.39, 0.29) is 5.91 Å². The molecule has 1 heterocycles. The van der Waals surface area contributed by atoms with Crippen molar-refractivity contribution in [2.24, 2.45) is 0 Å². The fourth-order valence-corrected chi connectivity index (χ4v) is 1.97. The monoisotopic (exact) mass is 293 g/mol. The van der Waals surface area contributed by atoms with Gasteiger partial charge < -0.3 is 0 Å². The Morgan fingerprint density at radius 1 is 1.33 bits per heavy atom. The SMILES string of the molecule is CC(=O)n1cc(CBr)c(CBr)c1. The van der Waals surface area contributed by atoms with Crippen molar-refractivity contribution in [3.63, 3.8) is 0 Å². The summed E-state index contributed by atoms with van der Waals surface area (Å²) >= 11 is 6.73. The van der Waals surface area contributed by atoms with Crippen molar-refractivity contribution in [1.82, 2.24) is 4.57 Å². The highest BCUT2D eigenvalue weighted by Gasteiger charge is 2.05. The second-order valence-corrected chi connectivity index (χ2v) is 3.62. The van der Waals surface area contributed by atoms with Gasteiger partial charge in [-0.2, -0.15) is 0 Å². The van der Waals surface area contributed by atoms with Gasteiger partial charge in [-0.1, -0.05) is 31.9 Å². The van der Waals surface area contributed by atoms with Gasteiger partial charge in [-0.15, -0.1) is 0 Å². The first kappa shape index (κ1) is 9.99. The number of nitrogens with zero attached hydrogens (tertiary/aromatic N) is 1. The molecule has 0 fully saturated rings. The third kappa shape index (κ3) is 1.98. The Morgan fingerprint density at radius 2 is 1.75 bits per heavy atom. The van der Waals surface area contributed by atoms with Gasteiger partial charge in [0.2, 0.25) is 5.91 Å². The summed E-state index contributed by atoms with van der Waals surface area (Å²) in [6, 6.07) is 0. The van der Waals surface area contributed by atoms with Crippen LogP contribution in [0, 0.1) is 0 Å². The lowest BCUT2D eigenvalue weighted by atomic mass is 10.2. The Kier molecular flexibility index (Phi) is 3.53. The van der Waals surface area contributed by atoms with E-state index in [4.69, 9.17) is 0 Å². The zero-order chi connectivity index (χ0) is 9.14. The van der Waals surface area contributed by atoms with Crippen LogP contribution in [0.1, 0.15) is 22.8 Å². The molecule has 0 aliphatic heterocycles. The van der Waals surface area contributed by atoms with Crippen molar-refractivity contribution in [3.8, 4) is 0 Å². The van der Waals surface area contributed by atoms with Crippen molar-refractivity contribution in [3.05, 3.63) is 23.5 Å². The van der Waals surface area contributed by atoms with Crippen LogP contribution in [0.5, 0.6) is 0 Å². The van der Waals surface area contributed by atoms with Gasteiger partial charge in [0.25, 0.3) is 0 Å². The standard InChI is InChI=1S/C8H9Br2NO/c1-6(12)11-4-7(2-9)8(3-10)5-11/h4-5H,2-3H2,1H3. The first-order chi connectivity index (χ1) is 5.69. The van der Waals surface area contributed by atoms with Crippen LogP contribution < -0.4 is 0 Å². The number of halogens is 2. The molecule has 0 radical (unpaired) electrons. The molecule has 0 amide bonds. The second kappa shape index (κ2) is 4.23. The van der Waals surface area contributed by atoms with E-state index >= 15 is 0 Å². The van der Waals surface area contributed by atoms with E-state index in [1.165, 1.54) is 0 Å². The normalized spacial score (nSPS) is 10.2. The van der Waals surface area contributed by atoms with Crippen LogP contribution in [0.2, 0.25) is 0 Å². The van der Waals surface area contributed by atoms with Gasteiger partial charge in [0.05, 0.1) is 0 Å². The summed E-state index contributed by atoms with van der Waals surface area (Å²) in [7, 11) is 0. The third-order valence-corrected chi connectivity index (χ3v) is 2.86. The molecule has 1 rings (SSSR count). The average molecular weight is 295 g/mol. The Morgan fingerprint density at radius 3 is 2.00 bits per heavy atom. The first-order valence-corrected chi connectivity index (χ1v) is 5.76. The highest BCUT2D eigenvalue weighted by Crippen LogP contribution is 2.16. The molecule has 0 saturated carbocycles. The maximum atomic E-state index is 11.0. The molecule has 1 aromatic heterocycles. The van der Waals surface area contributed by atoms with Gasteiger partial charge in [-0.3, -0.25) is 9.36 Å². The molecule has 0 aromatic carbocycles. The summed E-state index contributed by atoms with van der Waals surface area (Å²) in [5.74, 6) is 0.0457. The third-order valence-electron chi connectivity index (χ3n) is 1.65.